The van der Waals surface area contributed by atoms with Gasteiger partial charge in [-0.2, -0.15) is 0 Å². The molecule has 0 heterocycles. The average Bonchev–Trinajstić information content (AvgIpc) is 2.38. The highest BCUT2D eigenvalue weighted by molar-refractivity contribution is 7.89. The van der Waals surface area contributed by atoms with E-state index in [1.807, 2.05) is 6.92 Å². The molecule has 20 heavy (non-hydrogen) atoms. The van der Waals surface area contributed by atoms with Crippen molar-refractivity contribution >= 4 is 15.9 Å². The maximum atomic E-state index is 13.7. The molecular formula is C13H19FN2O3S. The van der Waals surface area contributed by atoms with E-state index < -0.39 is 21.7 Å². The van der Waals surface area contributed by atoms with E-state index in [2.05, 4.69) is 5.32 Å². The SMILES string of the molecule is CC[C@@H](C)NC(=O)c1cc(S(=O)(=O)N(C)C)ccc1F. The number of rotatable bonds is 5. The Morgan fingerprint density at radius 3 is 2.50 bits per heavy atom. The van der Waals surface area contributed by atoms with Gasteiger partial charge in [-0.1, -0.05) is 6.92 Å². The van der Waals surface area contributed by atoms with Gasteiger partial charge < -0.3 is 5.32 Å². The number of halogens is 1. The quantitative estimate of drug-likeness (QED) is 0.898. The minimum Gasteiger partial charge on any atom is -0.350 e. The van der Waals surface area contributed by atoms with Crippen LogP contribution >= 0.6 is 0 Å². The second kappa shape index (κ2) is 6.32. The molecule has 0 aliphatic carbocycles. The van der Waals surface area contributed by atoms with E-state index in [0.717, 1.165) is 22.5 Å². The lowest BCUT2D eigenvalue weighted by atomic mass is 10.1. The smallest absolute Gasteiger partial charge is 0.254 e. The Hall–Kier alpha value is -1.47. The number of carbonyl (C=O) groups is 1. The summed E-state index contributed by atoms with van der Waals surface area (Å²) in [5.74, 6) is -1.36. The van der Waals surface area contributed by atoms with Gasteiger partial charge in [-0.15, -0.1) is 0 Å². The molecule has 7 heteroatoms. The van der Waals surface area contributed by atoms with Crippen molar-refractivity contribution in [2.75, 3.05) is 14.1 Å². The fourth-order valence-electron chi connectivity index (χ4n) is 1.45. The molecule has 0 bridgehead atoms. The zero-order valence-electron chi connectivity index (χ0n) is 12.0. The van der Waals surface area contributed by atoms with Gasteiger partial charge in [0.05, 0.1) is 10.5 Å². The van der Waals surface area contributed by atoms with Gasteiger partial charge in [0.25, 0.3) is 5.91 Å². The summed E-state index contributed by atoms with van der Waals surface area (Å²) < 4.78 is 38.6. The summed E-state index contributed by atoms with van der Waals surface area (Å²) in [6, 6.07) is 3.07. The van der Waals surface area contributed by atoms with Gasteiger partial charge in [-0.05, 0) is 31.5 Å². The third-order valence-electron chi connectivity index (χ3n) is 2.95. The van der Waals surface area contributed by atoms with Crippen LogP contribution in [0.15, 0.2) is 23.1 Å². The summed E-state index contributed by atoms with van der Waals surface area (Å²) in [5.41, 5.74) is -0.270. The maximum absolute atomic E-state index is 13.7. The fraction of sp³-hybridized carbons (Fsp3) is 0.462. The highest BCUT2D eigenvalue weighted by atomic mass is 32.2. The van der Waals surface area contributed by atoms with Crippen LogP contribution in [0.4, 0.5) is 4.39 Å². The number of hydrogen-bond acceptors (Lipinski definition) is 3. The van der Waals surface area contributed by atoms with E-state index in [4.69, 9.17) is 0 Å². The van der Waals surface area contributed by atoms with E-state index >= 15 is 0 Å². The lowest BCUT2D eigenvalue weighted by molar-refractivity contribution is 0.0935. The molecule has 112 valence electrons. The molecule has 0 unspecified atom stereocenters. The summed E-state index contributed by atoms with van der Waals surface area (Å²) in [6.07, 6.45) is 0.697. The Morgan fingerprint density at radius 1 is 1.40 bits per heavy atom. The first-order valence-corrected chi connectivity index (χ1v) is 7.67. The predicted octanol–water partition coefficient (Wildman–Crippen LogP) is 1.60. The molecule has 1 aromatic carbocycles. The second-order valence-electron chi connectivity index (χ2n) is 4.71. The highest BCUT2D eigenvalue weighted by Gasteiger charge is 2.21. The minimum atomic E-state index is -3.70. The zero-order valence-corrected chi connectivity index (χ0v) is 12.8. The molecule has 1 rings (SSSR count). The number of nitrogens with zero attached hydrogens (tertiary/aromatic N) is 1. The Balaban J connectivity index is 3.20. The van der Waals surface area contributed by atoms with Crippen molar-refractivity contribution < 1.29 is 17.6 Å². The summed E-state index contributed by atoms with van der Waals surface area (Å²) >= 11 is 0. The summed E-state index contributed by atoms with van der Waals surface area (Å²) in [4.78, 5) is 11.8. The number of hydrogen-bond donors (Lipinski definition) is 1. The molecule has 0 aliphatic rings. The summed E-state index contributed by atoms with van der Waals surface area (Å²) in [7, 11) is -0.952. The van der Waals surface area contributed by atoms with Crippen LogP contribution in [0.5, 0.6) is 0 Å². The Labute approximate surface area is 118 Å². The molecule has 0 aliphatic heterocycles. The minimum absolute atomic E-state index is 0.113. The number of nitrogens with one attached hydrogen (secondary N) is 1. The van der Waals surface area contributed by atoms with Crippen LogP contribution in [-0.2, 0) is 10.0 Å². The molecule has 0 spiro atoms. The monoisotopic (exact) mass is 302 g/mol. The first-order chi connectivity index (χ1) is 9.20. The van der Waals surface area contributed by atoms with E-state index in [1.54, 1.807) is 6.92 Å². The third kappa shape index (κ3) is 3.55. The fourth-order valence-corrected chi connectivity index (χ4v) is 2.38. The molecule has 0 saturated heterocycles. The number of benzene rings is 1. The van der Waals surface area contributed by atoms with Crippen LogP contribution in [0.2, 0.25) is 0 Å². The molecule has 1 aromatic rings. The van der Waals surface area contributed by atoms with Gasteiger partial charge in [-0.25, -0.2) is 17.1 Å². The Morgan fingerprint density at radius 2 is 2.00 bits per heavy atom. The van der Waals surface area contributed by atoms with Crippen molar-refractivity contribution in [3.05, 3.63) is 29.6 Å². The van der Waals surface area contributed by atoms with Gasteiger partial charge in [-0.3, -0.25) is 4.79 Å². The lowest BCUT2D eigenvalue weighted by Crippen LogP contribution is -2.32. The molecule has 0 radical (unpaired) electrons. The van der Waals surface area contributed by atoms with Gasteiger partial charge in [0.15, 0.2) is 0 Å². The van der Waals surface area contributed by atoms with Crippen molar-refractivity contribution in [3.63, 3.8) is 0 Å². The molecular weight excluding hydrogens is 283 g/mol. The number of amides is 1. The van der Waals surface area contributed by atoms with E-state index in [0.29, 0.717) is 6.42 Å². The lowest BCUT2D eigenvalue weighted by Gasteiger charge is -2.14. The second-order valence-corrected chi connectivity index (χ2v) is 6.86. The Bertz CT molecular complexity index is 600. The van der Waals surface area contributed by atoms with Crippen LogP contribution in [0, 0.1) is 5.82 Å². The third-order valence-corrected chi connectivity index (χ3v) is 4.76. The average molecular weight is 302 g/mol. The summed E-state index contributed by atoms with van der Waals surface area (Å²) in [5, 5.41) is 2.61. The van der Waals surface area contributed by atoms with Crippen molar-refractivity contribution in [1.82, 2.24) is 9.62 Å². The first-order valence-electron chi connectivity index (χ1n) is 6.23. The van der Waals surface area contributed by atoms with Crippen molar-refractivity contribution in [3.8, 4) is 0 Å². The topological polar surface area (TPSA) is 66.5 Å². The van der Waals surface area contributed by atoms with E-state index in [1.165, 1.54) is 14.1 Å². The molecule has 1 atom stereocenters. The van der Waals surface area contributed by atoms with Crippen LogP contribution in [0.1, 0.15) is 30.6 Å². The highest BCUT2D eigenvalue weighted by Crippen LogP contribution is 2.17. The van der Waals surface area contributed by atoms with E-state index in [-0.39, 0.29) is 16.5 Å². The van der Waals surface area contributed by atoms with Crippen LogP contribution in [-0.4, -0.2) is 38.8 Å². The number of carbonyl (C=O) groups excluding carboxylic acids is 1. The number of sulfonamides is 1. The molecule has 1 N–H and O–H groups in total. The normalized spacial score (nSPS) is 13.3. The zero-order chi connectivity index (χ0) is 15.5. The van der Waals surface area contributed by atoms with E-state index in [9.17, 15) is 17.6 Å². The molecule has 0 aromatic heterocycles. The van der Waals surface area contributed by atoms with Crippen molar-refractivity contribution in [2.45, 2.75) is 31.2 Å². The van der Waals surface area contributed by atoms with Gasteiger partial charge in [0, 0.05) is 20.1 Å². The maximum Gasteiger partial charge on any atom is 0.254 e. The standard InChI is InChI=1S/C13H19FN2O3S/c1-5-9(2)15-13(17)11-8-10(6-7-12(11)14)20(18,19)16(3)4/h6-9H,5H2,1-4H3,(H,15,17)/t9-/m1/s1. The van der Waals surface area contributed by atoms with Crippen molar-refractivity contribution in [2.24, 2.45) is 0 Å². The molecule has 1 amide bonds. The molecule has 0 saturated carbocycles. The van der Waals surface area contributed by atoms with Crippen LogP contribution in [0.25, 0.3) is 0 Å². The molecule has 0 fully saturated rings. The Kier molecular flexibility index (Phi) is 5.24. The van der Waals surface area contributed by atoms with Gasteiger partial charge in [0.1, 0.15) is 5.82 Å². The molecule has 5 nitrogen and oxygen atoms in total. The van der Waals surface area contributed by atoms with Gasteiger partial charge >= 0.3 is 0 Å². The largest absolute Gasteiger partial charge is 0.350 e. The van der Waals surface area contributed by atoms with Crippen molar-refractivity contribution in [1.29, 1.82) is 0 Å². The summed E-state index contributed by atoms with van der Waals surface area (Å²) in [6.45, 7) is 3.67. The predicted molar refractivity (Wildman–Crippen MR) is 74.5 cm³/mol. The first kappa shape index (κ1) is 16.6. The van der Waals surface area contributed by atoms with Crippen LogP contribution < -0.4 is 5.32 Å². The van der Waals surface area contributed by atoms with Crippen LogP contribution in [0.3, 0.4) is 0 Å². The van der Waals surface area contributed by atoms with Gasteiger partial charge in [0.2, 0.25) is 10.0 Å².